The summed E-state index contributed by atoms with van der Waals surface area (Å²) < 4.78 is 18.6. The molecule has 0 fully saturated rings. The van der Waals surface area contributed by atoms with Gasteiger partial charge in [0.2, 0.25) is 0 Å². The molecular weight excluding hydrogens is 250 g/mol. The predicted molar refractivity (Wildman–Crippen MR) is 65.3 cm³/mol. The number of hydrogen-bond acceptors (Lipinski definition) is 1. The lowest BCUT2D eigenvalue weighted by Crippen LogP contribution is -2.01. The van der Waals surface area contributed by atoms with Crippen molar-refractivity contribution >= 4 is 23.2 Å². The van der Waals surface area contributed by atoms with Crippen molar-refractivity contribution in [1.29, 1.82) is 0 Å². The van der Waals surface area contributed by atoms with E-state index in [2.05, 4.69) is 13.2 Å². The Kier molecular flexibility index (Phi) is 4.39. The van der Waals surface area contributed by atoms with Crippen molar-refractivity contribution in [1.82, 2.24) is 0 Å². The van der Waals surface area contributed by atoms with Crippen LogP contribution in [0.15, 0.2) is 37.1 Å². The Morgan fingerprint density at radius 3 is 2.69 bits per heavy atom. The highest BCUT2D eigenvalue weighted by atomic mass is 35.5. The van der Waals surface area contributed by atoms with E-state index in [-0.39, 0.29) is 5.02 Å². The van der Waals surface area contributed by atoms with Crippen LogP contribution in [0.3, 0.4) is 0 Å². The fourth-order valence-electron chi connectivity index (χ4n) is 1.25. The zero-order valence-corrected chi connectivity index (χ0v) is 10.3. The van der Waals surface area contributed by atoms with Crippen molar-refractivity contribution in [2.45, 2.75) is 13.0 Å². The molecule has 1 aromatic carbocycles. The molecule has 16 heavy (non-hydrogen) atoms. The van der Waals surface area contributed by atoms with Crippen molar-refractivity contribution in [3.8, 4) is 0 Å². The summed E-state index contributed by atoms with van der Waals surface area (Å²) in [5, 5.41) is 0.327. The van der Waals surface area contributed by atoms with E-state index in [0.29, 0.717) is 16.3 Å². The first-order valence-electron chi connectivity index (χ1n) is 4.58. The van der Waals surface area contributed by atoms with Crippen LogP contribution in [0.25, 0.3) is 0 Å². The largest absolute Gasteiger partial charge is 0.487 e. The van der Waals surface area contributed by atoms with Gasteiger partial charge < -0.3 is 4.74 Å². The molecule has 0 aromatic heterocycles. The standard InChI is InChI=1S/C12H11Cl2FO/c1-4-7(2)16-8(3)11-9(13)5-6-10(15)12(11)14/h4-6,8H,1-2H2,3H3. The Hall–Kier alpha value is -0.990. The molecule has 1 rings (SSSR count). The summed E-state index contributed by atoms with van der Waals surface area (Å²) in [4.78, 5) is 0. The first-order valence-corrected chi connectivity index (χ1v) is 5.34. The van der Waals surface area contributed by atoms with Gasteiger partial charge in [0.05, 0.1) is 5.02 Å². The summed E-state index contributed by atoms with van der Waals surface area (Å²) in [6.45, 7) is 8.81. The molecule has 0 saturated heterocycles. The second-order valence-corrected chi connectivity index (χ2v) is 3.97. The first kappa shape index (κ1) is 13.1. The van der Waals surface area contributed by atoms with E-state index in [9.17, 15) is 4.39 Å². The Labute approximate surface area is 104 Å². The minimum atomic E-state index is -0.527. The summed E-state index contributed by atoms with van der Waals surface area (Å²) in [5.41, 5.74) is 0.409. The highest BCUT2D eigenvalue weighted by Gasteiger charge is 2.18. The van der Waals surface area contributed by atoms with Crippen LogP contribution in [-0.4, -0.2) is 0 Å². The first-order chi connectivity index (χ1) is 7.47. The summed E-state index contributed by atoms with van der Waals surface area (Å²) in [7, 11) is 0. The van der Waals surface area contributed by atoms with Crippen LogP contribution >= 0.6 is 23.2 Å². The maximum atomic E-state index is 13.3. The van der Waals surface area contributed by atoms with Gasteiger partial charge in [-0.1, -0.05) is 36.4 Å². The van der Waals surface area contributed by atoms with E-state index in [4.69, 9.17) is 27.9 Å². The van der Waals surface area contributed by atoms with E-state index in [1.807, 2.05) is 0 Å². The lowest BCUT2D eigenvalue weighted by molar-refractivity contribution is 0.144. The van der Waals surface area contributed by atoms with Crippen LogP contribution in [0, 0.1) is 5.82 Å². The molecule has 0 aliphatic carbocycles. The van der Waals surface area contributed by atoms with Crippen molar-refractivity contribution < 1.29 is 9.13 Å². The van der Waals surface area contributed by atoms with E-state index in [1.165, 1.54) is 18.2 Å². The zero-order valence-electron chi connectivity index (χ0n) is 8.77. The Bertz CT molecular complexity index is 429. The Morgan fingerprint density at radius 1 is 1.50 bits per heavy atom. The molecule has 0 heterocycles. The number of hydrogen-bond donors (Lipinski definition) is 0. The van der Waals surface area contributed by atoms with Crippen molar-refractivity contribution in [2.75, 3.05) is 0 Å². The molecule has 0 aliphatic rings. The van der Waals surface area contributed by atoms with Gasteiger partial charge in [0.1, 0.15) is 17.7 Å². The third-order valence-electron chi connectivity index (χ3n) is 2.04. The second-order valence-electron chi connectivity index (χ2n) is 3.19. The monoisotopic (exact) mass is 260 g/mol. The molecule has 86 valence electrons. The number of benzene rings is 1. The average Bonchev–Trinajstić information content (AvgIpc) is 2.24. The van der Waals surface area contributed by atoms with E-state index >= 15 is 0 Å². The molecule has 0 bridgehead atoms. The van der Waals surface area contributed by atoms with Crippen LogP contribution in [0.1, 0.15) is 18.6 Å². The molecular formula is C12H11Cl2FO. The lowest BCUT2D eigenvalue weighted by atomic mass is 10.1. The maximum Gasteiger partial charge on any atom is 0.142 e. The molecule has 0 aliphatic heterocycles. The Balaban J connectivity index is 3.07. The quantitative estimate of drug-likeness (QED) is 0.425. The molecule has 1 aromatic rings. The van der Waals surface area contributed by atoms with Gasteiger partial charge in [0.15, 0.2) is 0 Å². The van der Waals surface area contributed by atoms with Crippen LogP contribution in [-0.2, 0) is 4.74 Å². The van der Waals surface area contributed by atoms with Crippen LogP contribution in [0.2, 0.25) is 10.0 Å². The van der Waals surface area contributed by atoms with Gasteiger partial charge in [0.25, 0.3) is 0 Å². The van der Waals surface area contributed by atoms with Gasteiger partial charge in [-0.2, -0.15) is 0 Å². The minimum Gasteiger partial charge on any atom is -0.487 e. The normalized spacial score (nSPS) is 12.0. The zero-order chi connectivity index (χ0) is 12.3. The minimum absolute atomic E-state index is 0.0307. The number of ether oxygens (including phenoxy) is 1. The van der Waals surface area contributed by atoms with Crippen LogP contribution in [0.4, 0.5) is 4.39 Å². The summed E-state index contributed by atoms with van der Waals surface area (Å²) in [5.74, 6) is -0.148. The van der Waals surface area contributed by atoms with E-state index in [0.717, 1.165) is 0 Å². The molecule has 0 saturated carbocycles. The van der Waals surface area contributed by atoms with Crippen molar-refractivity contribution in [3.63, 3.8) is 0 Å². The van der Waals surface area contributed by atoms with Gasteiger partial charge >= 0.3 is 0 Å². The van der Waals surface area contributed by atoms with Crippen LogP contribution in [0.5, 0.6) is 0 Å². The van der Waals surface area contributed by atoms with Gasteiger partial charge in [-0.05, 0) is 25.1 Å². The molecule has 1 unspecified atom stereocenters. The molecule has 1 atom stereocenters. The molecule has 0 radical (unpaired) electrons. The summed E-state index contributed by atoms with van der Waals surface area (Å²) in [6.07, 6.45) is 0.971. The van der Waals surface area contributed by atoms with Gasteiger partial charge in [-0.3, -0.25) is 0 Å². The SMILES string of the molecule is C=CC(=C)OC(C)c1c(Cl)ccc(F)c1Cl. The lowest BCUT2D eigenvalue weighted by Gasteiger charge is -2.17. The smallest absolute Gasteiger partial charge is 0.142 e. The topological polar surface area (TPSA) is 9.23 Å². The molecule has 1 nitrogen and oxygen atoms in total. The number of allylic oxidation sites excluding steroid dienone is 1. The highest BCUT2D eigenvalue weighted by molar-refractivity contribution is 6.36. The molecule has 0 spiro atoms. The average molecular weight is 261 g/mol. The fourth-order valence-corrected chi connectivity index (χ4v) is 1.93. The molecule has 0 N–H and O–H groups in total. The van der Waals surface area contributed by atoms with E-state index < -0.39 is 11.9 Å². The van der Waals surface area contributed by atoms with E-state index in [1.54, 1.807) is 6.92 Å². The highest BCUT2D eigenvalue weighted by Crippen LogP contribution is 2.34. The van der Waals surface area contributed by atoms with Crippen molar-refractivity contribution in [3.05, 3.63) is 58.6 Å². The number of rotatable bonds is 4. The van der Waals surface area contributed by atoms with Gasteiger partial charge in [-0.15, -0.1) is 0 Å². The maximum absolute atomic E-state index is 13.3. The van der Waals surface area contributed by atoms with Crippen molar-refractivity contribution in [2.24, 2.45) is 0 Å². The van der Waals surface area contributed by atoms with Gasteiger partial charge in [-0.25, -0.2) is 4.39 Å². The number of halogens is 3. The summed E-state index contributed by atoms with van der Waals surface area (Å²) >= 11 is 11.8. The molecule has 0 amide bonds. The third-order valence-corrected chi connectivity index (χ3v) is 2.76. The predicted octanol–water partition coefficient (Wildman–Crippen LogP) is 4.91. The van der Waals surface area contributed by atoms with Crippen LogP contribution < -0.4 is 0 Å². The fraction of sp³-hybridized carbons (Fsp3) is 0.167. The summed E-state index contributed by atoms with van der Waals surface area (Å²) in [6, 6.07) is 2.65. The van der Waals surface area contributed by atoms with Gasteiger partial charge in [0, 0.05) is 10.6 Å². The molecule has 4 heteroatoms. The second kappa shape index (κ2) is 5.37. The third kappa shape index (κ3) is 2.77. The Morgan fingerprint density at radius 2 is 2.12 bits per heavy atom.